The number of anilines is 1. The number of carbonyl (C=O) groups is 2. The number of aryl methyl sites for hydroxylation is 1. The Morgan fingerprint density at radius 1 is 1.24 bits per heavy atom. The maximum absolute atomic E-state index is 12.5. The van der Waals surface area contributed by atoms with Gasteiger partial charge >= 0.3 is 0 Å². The minimum absolute atomic E-state index is 0.128. The van der Waals surface area contributed by atoms with Crippen LogP contribution >= 0.6 is 11.6 Å². The number of carbonyl (C=O) groups excluding carboxylic acids is 2. The Hall–Kier alpha value is -3.13. The van der Waals surface area contributed by atoms with Crippen molar-refractivity contribution in [3.63, 3.8) is 0 Å². The number of halogens is 1. The first kappa shape index (κ1) is 20.6. The second-order valence-electron chi connectivity index (χ2n) is 6.53. The van der Waals surface area contributed by atoms with Crippen LogP contribution in [-0.4, -0.2) is 44.4 Å². The molecule has 0 saturated heterocycles. The number of fused-ring (bicyclic) bond motifs is 1. The molecule has 152 valence electrons. The quantitative estimate of drug-likeness (QED) is 0.646. The van der Waals surface area contributed by atoms with Crippen molar-refractivity contribution in [2.24, 2.45) is 0 Å². The van der Waals surface area contributed by atoms with E-state index in [4.69, 9.17) is 11.6 Å². The third-order valence-electron chi connectivity index (χ3n) is 4.72. The minimum Gasteiger partial charge on any atom is -0.339 e. The summed E-state index contributed by atoms with van der Waals surface area (Å²) in [4.78, 5) is 43.5. The zero-order chi connectivity index (χ0) is 21.1. The Bertz CT molecular complexity index is 1130. The number of nitrogens with one attached hydrogen (secondary N) is 2. The Balaban J connectivity index is 1.77. The highest BCUT2D eigenvalue weighted by Gasteiger charge is 2.18. The Morgan fingerprint density at radius 3 is 2.62 bits per heavy atom. The average Bonchev–Trinajstić information content (AvgIpc) is 3.14. The molecule has 2 heterocycles. The van der Waals surface area contributed by atoms with Crippen LogP contribution in [0, 0.1) is 6.92 Å². The largest absolute Gasteiger partial charge is 0.339 e. The number of nitrogens with zero attached hydrogens (tertiary/aromatic N) is 3. The molecule has 8 nitrogen and oxygen atoms in total. The summed E-state index contributed by atoms with van der Waals surface area (Å²) in [6, 6.07) is 6.42. The van der Waals surface area contributed by atoms with Crippen molar-refractivity contribution in [2.75, 3.05) is 18.4 Å². The van der Waals surface area contributed by atoms with Gasteiger partial charge in [-0.2, -0.15) is 0 Å². The van der Waals surface area contributed by atoms with Crippen molar-refractivity contribution in [2.45, 2.75) is 27.2 Å². The lowest BCUT2D eigenvalue weighted by atomic mass is 10.1. The van der Waals surface area contributed by atoms with Crippen LogP contribution in [0.4, 0.5) is 5.69 Å². The maximum Gasteiger partial charge on any atom is 0.276 e. The number of hydrogen-bond donors (Lipinski definition) is 2. The van der Waals surface area contributed by atoms with Crippen LogP contribution in [0.3, 0.4) is 0 Å². The molecule has 0 aliphatic carbocycles. The molecule has 0 unspecified atom stereocenters. The molecule has 1 aromatic carbocycles. The molecule has 0 saturated carbocycles. The first-order valence-corrected chi connectivity index (χ1v) is 9.67. The summed E-state index contributed by atoms with van der Waals surface area (Å²) in [5.74, 6) is -0.538. The van der Waals surface area contributed by atoms with Crippen LogP contribution in [0.25, 0.3) is 5.65 Å². The highest BCUT2D eigenvalue weighted by Crippen LogP contribution is 2.22. The fourth-order valence-electron chi connectivity index (χ4n) is 3.12. The van der Waals surface area contributed by atoms with Crippen LogP contribution in [0.2, 0.25) is 5.02 Å². The first-order chi connectivity index (χ1) is 13.8. The van der Waals surface area contributed by atoms with E-state index in [0.717, 1.165) is 0 Å². The van der Waals surface area contributed by atoms with Crippen LogP contribution in [0.1, 0.15) is 35.5 Å². The minimum atomic E-state index is -0.377. The smallest absolute Gasteiger partial charge is 0.276 e. The fraction of sp³-hybridized carbons (Fsp3) is 0.300. The van der Waals surface area contributed by atoms with Crippen molar-refractivity contribution >= 4 is 34.7 Å². The molecule has 3 rings (SSSR count). The van der Waals surface area contributed by atoms with E-state index in [9.17, 15) is 14.4 Å². The summed E-state index contributed by atoms with van der Waals surface area (Å²) in [7, 11) is 0. The summed E-state index contributed by atoms with van der Waals surface area (Å²) >= 11 is 6.26. The van der Waals surface area contributed by atoms with Gasteiger partial charge in [0.15, 0.2) is 5.65 Å². The molecule has 0 atom stereocenters. The van der Waals surface area contributed by atoms with Gasteiger partial charge in [-0.1, -0.05) is 11.6 Å². The van der Waals surface area contributed by atoms with Crippen LogP contribution < -0.4 is 10.9 Å². The SMILES string of the molecule is CCN(CC)C(=O)c1ccc(NC(=O)Cc2c(C)nc3cc[nH]n3c2=O)cc1Cl. The second-order valence-corrected chi connectivity index (χ2v) is 6.94. The molecule has 3 aromatic rings. The lowest BCUT2D eigenvalue weighted by Gasteiger charge is -2.19. The number of benzene rings is 1. The zero-order valence-electron chi connectivity index (χ0n) is 16.5. The van der Waals surface area contributed by atoms with E-state index >= 15 is 0 Å². The number of amides is 2. The third kappa shape index (κ3) is 4.17. The van der Waals surface area contributed by atoms with E-state index in [-0.39, 0.29) is 28.8 Å². The van der Waals surface area contributed by atoms with Gasteiger partial charge in [-0.05, 0) is 39.0 Å². The van der Waals surface area contributed by atoms with Crippen molar-refractivity contribution in [3.05, 3.63) is 62.7 Å². The van der Waals surface area contributed by atoms with Gasteiger partial charge in [0.2, 0.25) is 5.91 Å². The van der Waals surface area contributed by atoms with E-state index < -0.39 is 0 Å². The lowest BCUT2D eigenvalue weighted by molar-refractivity contribution is -0.115. The molecule has 2 N–H and O–H groups in total. The van der Waals surface area contributed by atoms with Gasteiger partial charge in [0.05, 0.1) is 17.0 Å². The Morgan fingerprint density at radius 2 is 1.97 bits per heavy atom. The molecular weight excluding hydrogens is 394 g/mol. The van der Waals surface area contributed by atoms with E-state index in [1.54, 1.807) is 36.2 Å². The van der Waals surface area contributed by atoms with Gasteiger partial charge in [0.1, 0.15) is 0 Å². The third-order valence-corrected chi connectivity index (χ3v) is 5.03. The molecule has 0 aliphatic rings. The summed E-state index contributed by atoms with van der Waals surface area (Å²) in [6.45, 7) is 6.65. The Labute approximate surface area is 172 Å². The van der Waals surface area contributed by atoms with E-state index in [1.165, 1.54) is 10.6 Å². The van der Waals surface area contributed by atoms with Crippen molar-refractivity contribution in [3.8, 4) is 0 Å². The lowest BCUT2D eigenvalue weighted by Crippen LogP contribution is -2.30. The molecule has 29 heavy (non-hydrogen) atoms. The molecule has 0 bridgehead atoms. The monoisotopic (exact) mass is 415 g/mol. The van der Waals surface area contributed by atoms with Gasteiger partial charge < -0.3 is 10.2 Å². The summed E-state index contributed by atoms with van der Waals surface area (Å²) in [5, 5.41) is 5.75. The number of H-pyrrole nitrogens is 1. The molecule has 0 aliphatic heterocycles. The van der Waals surface area contributed by atoms with E-state index in [1.807, 2.05) is 13.8 Å². The standard InChI is InChI=1S/C20H22ClN5O3/c1-4-25(5-2)19(28)14-7-6-13(10-16(14)21)24-18(27)11-15-12(3)23-17-8-9-22-26(17)20(15)29/h6-10,22H,4-5,11H2,1-3H3,(H,24,27). The van der Waals surface area contributed by atoms with Gasteiger partial charge in [-0.15, -0.1) is 0 Å². The molecule has 0 radical (unpaired) electrons. The summed E-state index contributed by atoms with van der Waals surface area (Å²) < 4.78 is 1.29. The molecule has 2 aromatic heterocycles. The summed E-state index contributed by atoms with van der Waals surface area (Å²) in [6.07, 6.45) is 1.48. The second kappa shape index (κ2) is 8.48. The Kier molecular flexibility index (Phi) is 6.03. The molecule has 9 heteroatoms. The number of aromatic nitrogens is 3. The van der Waals surface area contributed by atoms with Gasteiger partial charge in [0.25, 0.3) is 11.5 Å². The highest BCUT2D eigenvalue weighted by atomic mass is 35.5. The number of rotatable bonds is 6. The topological polar surface area (TPSA) is 99.6 Å². The normalized spacial score (nSPS) is 10.9. The van der Waals surface area contributed by atoms with Crippen LogP contribution in [-0.2, 0) is 11.2 Å². The van der Waals surface area contributed by atoms with Crippen LogP contribution in [0.15, 0.2) is 35.3 Å². The summed E-state index contributed by atoms with van der Waals surface area (Å²) in [5.41, 5.74) is 1.82. The molecule has 2 amide bonds. The van der Waals surface area contributed by atoms with Gasteiger partial charge in [0, 0.05) is 42.3 Å². The molecule has 0 fully saturated rings. The van der Waals surface area contributed by atoms with Gasteiger partial charge in [-0.3, -0.25) is 19.5 Å². The number of hydrogen-bond acceptors (Lipinski definition) is 4. The van der Waals surface area contributed by atoms with E-state index in [2.05, 4.69) is 15.4 Å². The predicted octanol–water partition coefficient (Wildman–Crippen LogP) is 2.65. The average molecular weight is 416 g/mol. The predicted molar refractivity (Wildman–Crippen MR) is 112 cm³/mol. The van der Waals surface area contributed by atoms with Gasteiger partial charge in [-0.25, -0.2) is 9.50 Å². The zero-order valence-corrected chi connectivity index (χ0v) is 17.2. The van der Waals surface area contributed by atoms with Crippen LogP contribution in [0.5, 0.6) is 0 Å². The highest BCUT2D eigenvalue weighted by molar-refractivity contribution is 6.34. The molecule has 0 spiro atoms. The van der Waals surface area contributed by atoms with Crippen molar-refractivity contribution in [1.29, 1.82) is 0 Å². The molecular formula is C20H22ClN5O3. The van der Waals surface area contributed by atoms with Crippen molar-refractivity contribution in [1.82, 2.24) is 19.5 Å². The maximum atomic E-state index is 12.5. The van der Waals surface area contributed by atoms with E-state index in [0.29, 0.717) is 41.2 Å². The fourth-order valence-corrected chi connectivity index (χ4v) is 3.38. The number of aromatic amines is 1. The first-order valence-electron chi connectivity index (χ1n) is 9.30. The van der Waals surface area contributed by atoms with Crippen molar-refractivity contribution < 1.29 is 9.59 Å².